The fourth-order valence-electron chi connectivity index (χ4n) is 4.19. The first-order chi connectivity index (χ1) is 14.0. The summed E-state index contributed by atoms with van der Waals surface area (Å²) in [4.78, 5) is 28.5. The van der Waals surface area contributed by atoms with Crippen LogP contribution in [-0.4, -0.2) is 76.7 Å². The zero-order valence-electron chi connectivity index (χ0n) is 16.6. The van der Waals surface area contributed by atoms with E-state index in [-0.39, 0.29) is 24.0 Å². The van der Waals surface area contributed by atoms with Crippen LogP contribution in [0.25, 0.3) is 16.7 Å². The number of aliphatic imine (C=N–C) groups is 1. The van der Waals surface area contributed by atoms with Crippen molar-refractivity contribution < 1.29 is 9.21 Å². The number of rotatable bonds is 2. The van der Waals surface area contributed by atoms with Gasteiger partial charge in [-0.25, -0.2) is 0 Å². The minimum absolute atomic E-state index is 0.0878. The van der Waals surface area contributed by atoms with Crippen LogP contribution in [0, 0.1) is 0 Å². The van der Waals surface area contributed by atoms with Gasteiger partial charge in [-0.2, -0.15) is 4.98 Å². The molecule has 0 bridgehead atoms. The molecule has 2 N–H and O–H groups in total. The lowest BCUT2D eigenvalue weighted by Crippen LogP contribution is -2.55. The van der Waals surface area contributed by atoms with E-state index >= 15 is 0 Å². The second-order valence-electron chi connectivity index (χ2n) is 7.86. The van der Waals surface area contributed by atoms with Gasteiger partial charge < -0.3 is 24.9 Å². The van der Waals surface area contributed by atoms with Gasteiger partial charge in [0.2, 0.25) is 5.91 Å². The Bertz CT molecular complexity index is 1060. The van der Waals surface area contributed by atoms with Crippen LogP contribution in [-0.2, 0) is 4.79 Å². The second kappa shape index (κ2) is 6.73. The molecule has 8 nitrogen and oxygen atoms in total. The molecule has 4 heterocycles. The van der Waals surface area contributed by atoms with Gasteiger partial charge in [0.1, 0.15) is 17.4 Å². The maximum atomic E-state index is 13.3. The first-order valence-electron chi connectivity index (χ1n) is 9.89. The summed E-state index contributed by atoms with van der Waals surface area (Å²) in [6.45, 7) is 5.34. The molecular weight excluding hydrogens is 368 g/mol. The highest BCUT2D eigenvalue weighted by atomic mass is 16.4. The topological polar surface area (TPSA) is 91.2 Å². The molecule has 2 unspecified atom stereocenters. The number of carbonyl (C=O) groups is 1. The molecule has 29 heavy (non-hydrogen) atoms. The highest BCUT2D eigenvalue weighted by Gasteiger charge is 2.40. The Hall–Kier alpha value is -3.13. The summed E-state index contributed by atoms with van der Waals surface area (Å²) in [5, 5.41) is 0. The highest BCUT2D eigenvalue weighted by Crippen LogP contribution is 2.30. The lowest BCUT2D eigenvalue weighted by Gasteiger charge is -2.36. The number of fused-ring (bicyclic) bond motifs is 2. The molecule has 3 aliphatic heterocycles. The number of amides is 1. The van der Waals surface area contributed by atoms with Gasteiger partial charge in [0.15, 0.2) is 5.58 Å². The Labute approximate surface area is 169 Å². The van der Waals surface area contributed by atoms with Gasteiger partial charge in [0, 0.05) is 32.4 Å². The van der Waals surface area contributed by atoms with Crippen molar-refractivity contribution in [3.05, 3.63) is 42.1 Å². The van der Waals surface area contributed by atoms with Crippen LogP contribution in [0.1, 0.15) is 12.5 Å². The Kier molecular flexibility index (Phi) is 4.16. The molecule has 2 atom stereocenters. The minimum atomic E-state index is -0.306. The van der Waals surface area contributed by atoms with E-state index < -0.39 is 0 Å². The SMILES string of the molecule is CC1N=C2C=CC(c3ccc4oc(N)nc4c3)=CN2C1C(=O)N1CCN(C)CC1. The maximum Gasteiger partial charge on any atom is 0.292 e. The Morgan fingerprint density at radius 3 is 2.79 bits per heavy atom. The van der Waals surface area contributed by atoms with Crippen LogP contribution < -0.4 is 5.73 Å². The number of piperazine rings is 1. The van der Waals surface area contributed by atoms with E-state index in [1.165, 1.54) is 0 Å². The molecule has 150 valence electrons. The van der Waals surface area contributed by atoms with E-state index in [1.54, 1.807) is 0 Å². The molecule has 5 rings (SSSR count). The number of allylic oxidation sites excluding steroid dienone is 2. The zero-order valence-corrected chi connectivity index (χ0v) is 16.6. The number of hydrogen-bond acceptors (Lipinski definition) is 7. The number of nitrogen functional groups attached to an aromatic ring is 1. The van der Waals surface area contributed by atoms with E-state index in [2.05, 4.69) is 16.9 Å². The van der Waals surface area contributed by atoms with Crippen molar-refractivity contribution in [2.45, 2.75) is 19.0 Å². The summed E-state index contributed by atoms with van der Waals surface area (Å²) in [6, 6.07) is 5.55. The summed E-state index contributed by atoms with van der Waals surface area (Å²) < 4.78 is 5.36. The summed E-state index contributed by atoms with van der Waals surface area (Å²) in [6.07, 6.45) is 6.02. The first-order valence-corrected chi connectivity index (χ1v) is 9.89. The summed E-state index contributed by atoms with van der Waals surface area (Å²) in [5.41, 5.74) is 9.03. The Morgan fingerprint density at radius 2 is 2.00 bits per heavy atom. The molecule has 3 aliphatic rings. The van der Waals surface area contributed by atoms with Crippen LogP contribution in [0.5, 0.6) is 0 Å². The minimum Gasteiger partial charge on any atom is -0.424 e. The zero-order chi connectivity index (χ0) is 20.1. The number of oxazole rings is 1. The Morgan fingerprint density at radius 1 is 1.21 bits per heavy atom. The highest BCUT2D eigenvalue weighted by molar-refractivity contribution is 6.04. The normalized spacial score (nSPS) is 24.6. The van der Waals surface area contributed by atoms with Crippen molar-refractivity contribution in [3.8, 4) is 0 Å². The fraction of sp³-hybridized carbons (Fsp3) is 0.381. The molecule has 1 aromatic heterocycles. The molecule has 8 heteroatoms. The average molecular weight is 392 g/mol. The number of nitrogens with two attached hydrogens (primary N) is 1. The monoisotopic (exact) mass is 392 g/mol. The van der Waals surface area contributed by atoms with Crippen LogP contribution in [0.4, 0.5) is 6.01 Å². The third-order valence-electron chi connectivity index (χ3n) is 5.85. The van der Waals surface area contributed by atoms with Crippen molar-refractivity contribution >= 4 is 34.4 Å². The third kappa shape index (κ3) is 3.09. The molecule has 0 radical (unpaired) electrons. The van der Waals surface area contributed by atoms with Crippen LogP contribution in [0.3, 0.4) is 0 Å². The first kappa shape index (κ1) is 17.9. The smallest absolute Gasteiger partial charge is 0.292 e. The number of hydrogen-bond donors (Lipinski definition) is 1. The molecule has 0 spiro atoms. The van der Waals surface area contributed by atoms with Gasteiger partial charge in [-0.05, 0) is 49.4 Å². The van der Waals surface area contributed by atoms with E-state index in [0.29, 0.717) is 11.1 Å². The number of carbonyl (C=O) groups excluding carboxylic acids is 1. The predicted molar refractivity (Wildman–Crippen MR) is 112 cm³/mol. The van der Waals surface area contributed by atoms with Gasteiger partial charge >= 0.3 is 0 Å². The van der Waals surface area contributed by atoms with Crippen LogP contribution >= 0.6 is 0 Å². The largest absolute Gasteiger partial charge is 0.424 e. The number of benzene rings is 1. The number of aromatic nitrogens is 1. The molecular formula is C21H24N6O2. The van der Waals surface area contributed by atoms with E-state index in [9.17, 15) is 4.79 Å². The summed E-state index contributed by atoms with van der Waals surface area (Å²) in [7, 11) is 2.09. The lowest BCUT2D eigenvalue weighted by atomic mass is 10.0. The van der Waals surface area contributed by atoms with Crippen molar-refractivity contribution in [1.82, 2.24) is 19.7 Å². The number of anilines is 1. The molecule has 0 aliphatic carbocycles. The lowest BCUT2D eigenvalue weighted by molar-refractivity contribution is -0.136. The summed E-state index contributed by atoms with van der Waals surface area (Å²) in [5.74, 6) is 0.982. The van der Waals surface area contributed by atoms with Crippen molar-refractivity contribution in [2.24, 2.45) is 4.99 Å². The molecule has 1 aromatic carbocycles. The van der Waals surface area contributed by atoms with Gasteiger partial charge in [-0.15, -0.1) is 0 Å². The van der Waals surface area contributed by atoms with Crippen molar-refractivity contribution in [2.75, 3.05) is 39.0 Å². The third-order valence-corrected chi connectivity index (χ3v) is 5.85. The molecule has 2 aromatic rings. The van der Waals surface area contributed by atoms with E-state index in [1.807, 2.05) is 53.3 Å². The Balaban J connectivity index is 1.44. The molecule has 0 saturated carbocycles. The predicted octanol–water partition coefficient (Wildman–Crippen LogP) is 1.57. The second-order valence-corrected chi connectivity index (χ2v) is 7.86. The van der Waals surface area contributed by atoms with E-state index in [0.717, 1.165) is 43.2 Å². The van der Waals surface area contributed by atoms with E-state index in [4.69, 9.17) is 15.1 Å². The average Bonchev–Trinajstić information content (AvgIpc) is 3.24. The van der Waals surface area contributed by atoms with Crippen LogP contribution in [0.15, 0.2) is 46.0 Å². The summed E-state index contributed by atoms with van der Waals surface area (Å²) >= 11 is 0. The number of likely N-dealkylation sites (N-methyl/N-ethyl adjacent to an activating group) is 1. The maximum absolute atomic E-state index is 13.3. The van der Waals surface area contributed by atoms with Crippen molar-refractivity contribution in [3.63, 3.8) is 0 Å². The van der Waals surface area contributed by atoms with Crippen molar-refractivity contribution in [1.29, 1.82) is 0 Å². The van der Waals surface area contributed by atoms with Gasteiger partial charge in [-0.3, -0.25) is 9.79 Å². The van der Waals surface area contributed by atoms with Gasteiger partial charge in [-0.1, -0.05) is 6.07 Å². The molecule has 1 fully saturated rings. The number of amidine groups is 1. The fourth-order valence-corrected chi connectivity index (χ4v) is 4.19. The van der Waals surface area contributed by atoms with Crippen LogP contribution in [0.2, 0.25) is 0 Å². The van der Waals surface area contributed by atoms with Gasteiger partial charge in [0.05, 0.1) is 6.04 Å². The molecule has 1 amide bonds. The van der Waals surface area contributed by atoms with Gasteiger partial charge in [0.25, 0.3) is 6.01 Å². The standard InChI is InChI=1S/C21H24N6O2/c1-13-19(20(28)26-9-7-25(2)8-10-26)27-12-15(4-6-18(27)23-13)14-3-5-17-16(11-14)24-21(22)29-17/h3-6,11-13,19H,7-10H2,1-2H3,(H2,22,24). The quantitative estimate of drug-likeness (QED) is 0.834. The molecule has 1 saturated heterocycles. The number of nitrogens with zero attached hydrogens (tertiary/aromatic N) is 5.